The van der Waals surface area contributed by atoms with Crippen molar-refractivity contribution in [1.29, 1.82) is 0 Å². The van der Waals surface area contributed by atoms with Gasteiger partial charge in [0, 0.05) is 17.8 Å². The quantitative estimate of drug-likeness (QED) is 0.915. The molecule has 112 valence electrons. The number of nitrogen functional groups attached to an aromatic ring is 1. The lowest BCUT2D eigenvalue weighted by Gasteiger charge is -2.29. The van der Waals surface area contributed by atoms with Gasteiger partial charge >= 0.3 is 0 Å². The van der Waals surface area contributed by atoms with Crippen LogP contribution in [0.25, 0.3) is 11.1 Å². The zero-order chi connectivity index (χ0) is 14.9. The number of anilines is 1. The molecule has 2 heterocycles. The van der Waals surface area contributed by atoms with E-state index < -0.39 is 0 Å². The van der Waals surface area contributed by atoms with Gasteiger partial charge in [-0.3, -0.25) is 4.98 Å². The predicted molar refractivity (Wildman–Crippen MR) is 83.7 cm³/mol. The predicted octanol–water partition coefficient (Wildman–Crippen LogP) is 4.18. The highest BCUT2D eigenvalue weighted by Gasteiger charge is 2.42. The summed E-state index contributed by atoms with van der Waals surface area (Å²) in [5, 5.41) is 4.07. The van der Waals surface area contributed by atoms with E-state index in [1.165, 1.54) is 12.8 Å². The minimum absolute atomic E-state index is 0.0946. The van der Waals surface area contributed by atoms with Gasteiger partial charge in [0.05, 0.1) is 5.56 Å². The van der Waals surface area contributed by atoms with Crippen LogP contribution in [0.15, 0.2) is 29.0 Å². The van der Waals surface area contributed by atoms with Crippen LogP contribution in [0.5, 0.6) is 0 Å². The fraction of sp³-hybridized carbons (Fsp3) is 0.529. The normalized spacial score (nSPS) is 17.5. The van der Waals surface area contributed by atoms with Gasteiger partial charge in [0.15, 0.2) is 11.6 Å². The Morgan fingerprint density at radius 3 is 2.52 bits per heavy atom. The highest BCUT2D eigenvalue weighted by atomic mass is 16.5. The first-order valence-corrected chi connectivity index (χ1v) is 7.78. The topological polar surface area (TPSA) is 64.9 Å². The van der Waals surface area contributed by atoms with Crippen molar-refractivity contribution in [3.8, 4) is 11.1 Å². The highest BCUT2D eigenvalue weighted by Crippen LogP contribution is 2.49. The maximum absolute atomic E-state index is 6.11. The zero-order valence-corrected chi connectivity index (χ0v) is 12.8. The Hall–Kier alpha value is -1.84. The smallest absolute Gasteiger partial charge is 0.175 e. The number of hydrogen-bond acceptors (Lipinski definition) is 4. The monoisotopic (exact) mass is 285 g/mol. The van der Waals surface area contributed by atoms with Gasteiger partial charge in [0.2, 0.25) is 0 Å². The zero-order valence-electron chi connectivity index (χ0n) is 12.8. The molecule has 0 aromatic carbocycles. The Labute approximate surface area is 125 Å². The third-order valence-corrected chi connectivity index (χ3v) is 4.53. The second-order valence-electron chi connectivity index (χ2n) is 6.59. The van der Waals surface area contributed by atoms with Crippen molar-refractivity contribution in [3.05, 3.63) is 30.3 Å². The van der Waals surface area contributed by atoms with Crippen LogP contribution in [0.4, 0.5) is 5.82 Å². The molecule has 0 spiro atoms. The molecule has 21 heavy (non-hydrogen) atoms. The Bertz CT molecular complexity index is 598. The van der Waals surface area contributed by atoms with Gasteiger partial charge in [-0.2, -0.15) is 0 Å². The number of hydrogen-bond donors (Lipinski definition) is 1. The van der Waals surface area contributed by atoms with E-state index in [2.05, 4.69) is 24.0 Å². The van der Waals surface area contributed by atoms with Crippen LogP contribution in [-0.2, 0) is 5.41 Å². The van der Waals surface area contributed by atoms with E-state index in [9.17, 15) is 0 Å². The molecule has 0 saturated heterocycles. The summed E-state index contributed by atoms with van der Waals surface area (Å²) in [5.74, 6) is 2.10. The van der Waals surface area contributed by atoms with E-state index in [1.807, 2.05) is 12.1 Å². The summed E-state index contributed by atoms with van der Waals surface area (Å²) in [6, 6.07) is 3.95. The third-order valence-electron chi connectivity index (χ3n) is 4.53. The number of aromatic nitrogens is 2. The molecule has 0 unspecified atom stereocenters. The minimum Gasteiger partial charge on any atom is -0.380 e. The van der Waals surface area contributed by atoms with Gasteiger partial charge in [-0.05, 0) is 42.9 Å². The third kappa shape index (κ3) is 2.55. The summed E-state index contributed by atoms with van der Waals surface area (Å²) in [4.78, 5) is 4.09. The van der Waals surface area contributed by atoms with Gasteiger partial charge in [-0.15, -0.1) is 0 Å². The second kappa shape index (κ2) is 5.51. The lowest BCUT2D eigenvalue weighted by Crippen LogP contribution is -2.24. The largest absolute Gasteiger partial charge is 0.380 e. The van der Waals surface area contributed by atoms with Gasteiger partial charge in [-0.1, -0.05) is 31.8 Å². The average Bonchev–Trinajstić information content (AvgIpc) is 3.07. The fourth-order valence-electron chi connectivity index (χ4n) is 3.82. The summed E-state index contributed by atoms with van der Waals surface area (Å²) in [6.45, 7) is 4.54. The summed E-state index contributed by atoms with van der Waals surface area (Å²) in [7, 11) is 0. The molecule has 0 amide bonds. The number of nitrogens with zero attached hydrogens (tertiary/aromatic N) is 2. The summed E-state index contributed by atoms with van der Waals surface area (Å²) >= 11 is 0. The van der Waals surface area contributed by atoms with Crippen LogP contribution >= 0.6 is 0 Å². The van der Waals surface area contributed by atoms with Crippen molar-refractivity contribution < 1.29 is 4.52 Å². The molecule has 0 bridgehead atoms. The van der Waals surface area contributed by atoms with Gasteiger partial charge < -0.3 is 10.3 Å². The molecule has 2 aromatic rings. The maximum atomic E-state index is 6.11. The number of nitrogens with two attached hydrogens (primary N) is 1. The molecule has 3 rings (SSSR count). The van der Waals surface area contributed by atoms with Gasteiger partial charge in [0.1, 0.15) is 0 Å². The van der Waals surface area contributed by atoms with Crippen molar-refractivity contribution in [2.24, 2.45) is 5.92 Å². The van der Waals surface area contributed by atoms with E-state index in [0.717, 1.165) is 36.1 Å². The molecule has 2 aromatic heterocycles. The Balaban J connectivity index is 2.10. The molecule has 0 radical (unpaired) electrons. The lowest BCUT2D eigenvalue weighted by atomic mass is 9.74. The highest BCUT2D eigenvalue weighted by molar-refractivity contribution is 5.76. The van der Waals surface area contributed by atoms with Crippen LogP contribution < -0.4 is 5.73 Å². The Morgan fingerprint density at radius 1 is 1.24 bits per heavy atom. The van der Waals surface area contributed by atoms with Crippen LogP contribution in [0.3, 0.4) is 0 Å². The van der Waals surface area contributed by atoms with Gasteiger partial charge in [0.25, 0.3) is 0 Å². The Morgan fingerprint density at radius 2 is 1.90 bits per heavy atom. The fourth-order valence-corrected chi connectivity index (χ4v) is 3.82. The van der Waals surface area contributed by atoms with E-state index >= 15 is 0 Å². The summed E-state index contributed by atoms with van der Waals surface area (Å²) < 4.78 is 5.74. The number of pyridine rings is 1. The average molecular weight is 285 g/mol. The first-order chi connectivity index (χ1) is 10.1. The van der Waals surface area contributed by atoms with E-state index in [-0.39, 0.29) is 5.41 Å². The molecule has 0 aliphatic heterocycles. The van der Waals surface area contributed by atoms with Crippen molar-refractivity contribution in [2.45, 2.75) is 51.4 Å². The molecule has 4 nitrogen and oxygen atoms in total. The summed E-state index contributed by atoms with van der Waals surface area (Å²) in [5.41, 5.74) is 8.22. The molecule has 0 atom stereocenters. The van der Waals surface area contributed by atoms with Crippen molar-refractivity contribution in [1.82, 2.24) is 10.1 Å². The molecular formula is C17H23N3O. The molecule has 1 fully saturated rings. The molecule has 2 N–H and O–H groups in total. The van der Waals surface area contributed by atoms with Crippen molar-refractivity contribution in [3.63, 3.8) is 0 Å². The van der Waals surface area contributed by atoms with Crippen LogP contribution in [0.2, 0.25) is 0 Å². The van der Waals surface area contributed by atoms with Crippen LogP contribution in [-0.4, -0.2) is 10.1 Å². The number of rotatable bonds is 4. The van der Waals surface area contributed by atoms with Crippen molar-refractivity contribution >= 4 is 5.82 Å². The van der Waals surface area contributed by atoms with Crippen LogP contribution in [0.1, 0.15) is 51.7 Å². The molecule has 4 heteroatoms. The molecule has 1 saturated carbocycles. The standard InChI is InChI=1S/C17H23N3O/c1-12(2)11-17(7-3-4-8-17)15-14(16(18)20-21-15)13-5-9-19-10-6-13/h5-6,9-10,12H,3-4,7-8,11H2,1-2H3,(H2,18,20). The first kappa shape index (κ1) is 14.1. The molecule has 1 aliphatic carbocycles. The summed E-state index contributed by atoms with van der Waals surface area (Å²) in [6.07, 6.45) is 9.53. The lowest BCUT2D eigenvalue weighted by molar-refractivity contribution is 0.254. The van der Waals surface area contributed by atoms with Gasteiger partial charge in [-0.25, -0.2) is 0 Å². The van der Waals surface area contributed by atoms with Crippen LogP contribution in [0, 0.1) is 5.92 Å². The molecular weight excluding hydrogens is 262 g/mol. The second-order valence-corrected chi connectivity index (χ2v) is 6.59. The van der Waals surface area contributed by atoms with E-state index in [1.54, 1.807) is 12.4 Å². The van der Waals surface area contributed by atoms with Crippen molar-refractivity contribution in [2.75, 3.05) is 5.73 Å². The Kier molecular flexibility index (Phi) is 3.70. The SMILES string of the molecule is CC(C)CC1(c2onc(N)c2-c2ccncc2)CCCC1. The van der Waals surface area contributed by atoms with E-state index in [0.29, 0.717) is 11.7 Å². The molecule has 1 aliphatic rings. The maximum Gasteiger partial charge on any atom is 0.175 e. The first-order valence-electron chi connectivity index (χ1n) is 7.78. The minimum atomic E-state index is 0.0946. The van der Waals surface area contributed by atoms with E-state index in [4.69, 9.17) is 10.3 Å².